The summed E-state index contributed by atoms with van der Waals surface area (Å²) in [5.74, 6) is -1.36. The van der Waals surface area contributed by atoms with Gasteiger partial charge in [-0.1, -0.05) is 6.07 Å². The lowest BCUT2D eigenvalue weighted by atomic mass is 9.82. The monoisotopic (exact) mass is 255 g/mol. The molecule has 1 fully saturated rings. The average Bonchev–Trinajstić information content (AvgIpc) is 2.57. The van der Waals surface area contributed by atoms with Gasteiger partial charge < -0.3 is 5.11 Å². The van der Waals surface area contributed by atoms with E-state index in [-0.39, 0.29) is 24.3 Å². The highest BCUT2D eigenvalue weighted by molar-refractivity contribution is 7.91. The van der Waals surface area contributed by atoms with Crippen LogP contribution in [0.25, 0.3) is 0 Å². The number of hydrogen-bond donors (Lipinski definition) is 1. The first-order valence-corrected chi connectivity index (χ1v) is 7.08. The van der Waals surface area contributed by atoms with Crippen molar-refractivity contribution < 1.29 is 18.3 Å². The third-order valence-corrected chi connectivity index (χ3v) is 4.93. The Morgan fingerprint density at radius 2 is 2.29 bits per heavy atom. The Morgan fingerprint density at radius 3 is 2.76 bits per heavy atom. The van der Waals surface area contributed by atoms with Gasteiger partial charge in [0.15, 0.2) is 9.84 Å². The Hall–Kier alpha value is -1.43. The summed E-state index contributed by atoms with van der Waals surface area (Å²) < 4.78 is 22.9. The number of carboxylic acids is 1. The molecule has 1 aliphatic rings. The van der Waals surface area contributed by atoms with E-state index in [1.54, 1.807) is 24.5 Å². The summed E-state index contributed by atoms with van der Waals surface area (Å²) in [6.45, 7) is 0. The van der Waals surface area contributed by atoms with Gasteiger partial charge in [0.05, 0.1) is 16.9 Å². The van der Waals surface area contributed by atoms with Crippen molar-refractivity contribution in [3.05, 3.63) is 30.1 Å². The number of rotatable bonds is 3. The Balaban J connectivity index is 2.29. The molecule has 0 bridgehead atoms. The molecule has 17 heavy (non-hydrogen) atoms. The number of pyridine rings is 1. The molecule has 1 aromatic rings. The van der Waals surface area contributed by atoms with E-state index in [0.717, 1.165) is 5.56 Å². The van der Waals surface area contributed by atoms with Crippen LogP contribution in [0.15, 0.2) is 24.5 Å². The van der Waals surface area contributed by atoms with E-state index in [1.165, 1.54) is 0 Å². The van der Waals surface area contributed by atoms with Crippen molar-refractivity contribution in [1.82, 2.24) is 4.98 Å². The second-order valence-corrected chi connectivity index (χ2v) is 6.65. The highest BCUT2D eigenvalue weighted by atomic mass is 32.2. The molecule has 1 N–H and O–H groups in total. The van der Waals surface area contributed by atoms with E-state index in [2.05, 4.69) is 4.98 Å². The first-order chi connectivity index (χ1) is 7.94. The number of sulfone groups is 1. The molecule has 1 aliphatic heterocycles. The van der Waals surface area contributed by atoms with Crippen molar-refractivity contribution in [3.8, 4) is 0 Å². The van der Waals surface area contributed by atoms with Crippen LogP contribution < -0.4 is 0 Å². The van der Waals surface area contributed by atoms with Gasteiger partial charge >= 0.3 is 5.97 Å². The fourth-order valence-electron chi connectivity index (χ4n) is 2.19. The van der Waals surface area contributed by atoms with Crippen LogP contribution in [0.5, 0.6) is 0 Å². The SMILES string of the molecule is O=C(O)C1(Cc2cccnc2)CCS(=O)(=O)C1. The largest absolute Gasteiger partial charge is 0.481 e. The van der Waals surface area contributed by atoms with Gasteiger partial charge in [0, 0.05) is 12.4 Å². The number of carboxylic acid groups (broad SMARTS) is 1. The van der Waals surface area contributed by atoms with Crippen molar-refractivity contribution in [3.63, 3.8) is 0 Å². The van der Waals surface area contributed by atoms with Crippen LogP contribution in [-0.2, 0) is 21.1 Å². The minimum atomic E-state index is -3.22. The molecule has 1 aromatic heterocycles. The summed E-state index contributed by atoms with van der Waals surface area (Å²) in [5, 5.41) is 9.27. The molecule has 1 saturated heterocycles. The fraction of sp³-hybridized carbons (Fsp3) is 0.455. The number of aromatic nitrogens is 1. The van der Waals surface area contributed by atoms with Crippen molar-refractivity contribution in [1.29, 1.82) is 0 Å². The molecular formula is C11H13NO4S. The molecule has 0 spiro atoms. The number of aliphatic carboxylic acids is 1. The molecule has 92 valence electrons. The van der Waals surface area contributed by atoms with Gasteiger partial charge in [-0.25, -0.2) is 8.42 Å². The second kappa shape index (κ2) is 4.10. The van der Waals surface area contributed by atoms with Crippen LogP contribution in [-0.4, -0.2) is 36.0 Å². The minimum absolute atomic E-state index is 0.0421. The van der Waals surface area contributed by atoms with Gasteiger partial charge in [-0.05, 0) is 24.5 Å². The lowest BCUT2D eigenvalue weighted by molar-refractivity contribution is -0.147. The number of carbonyl (C=O) groups is 1. The van der Waals surface area contributed by atoms with E-state index >= 15 is 0 Å². The molecule has 1 atom stereocenters. The summed E-state index contributed by atoms with van der Waals surface area (Å²) in [7, 11) is -3.22. The summed E-state index contributed by atoms with van der Waals surface area (Å²) >= 11 is 0. The summed E-state index contributed by atoms with van der Waals surface area (Å²) in [4.78, 5) is 15.2. The van der Waals surface area contributed by atoms with Crippen LogP contribution in [0.1, 0.15) is 12.0 Å². The maximum atomic E-state index is 11.5. The van der Waals surface area contributed by atoms with Gasteiger partial charge in [0.25, 0.3) is 0 Å². The van der Waals surface area contributed by atoms with E-state index in [4.69, 9.17) is 0 Å². The third-order valence-electron chi connectivity index (χ3n) is 3.11. The van der Waals surface area contributed by atoms with Crippen LogP contribution in [0.4, 0.5) is 0 Å². The Kier molecular flexibility index (Phi) is 2.91. The summed E-state index contributed by atoms with van der Waals surface area (Å²) in [5.41, 5.74) is -0.422. The van der Waals surface area contributed by atoms with Crippen LogP contribution in [0.2, 0.25) is 0 Å². The molecule has 2 rings (SSSR count). The molecule has 0 radical (unpaired) electrons. The van der Waals surface area contributed by atoms with Crippen LogP contribution in [0, 0.1) is 5.41 Å². The molecule has 1 unspecified atom stereocenters. The molecule has 2 heterocycles. The average molecular weight is 255 g/mol. The minimum Gasteiger partial charge on any atom is -0.481 e. The zero-order chi connectivity index (χ0) is 12.5. The number of hydrogen-bond acceptors (Lipinski definition) is 4. The van der Waals surface area contributed by atoms with E-state index in [9.17, 15) is 18.3 Å². The predicted octanol–water partition coefficient (Wildman–Crippen LogP) is 0.514. The topological polar surface area (TPSA) is 84.3 Å². The van der Waals surface area contributed by atoms with E-state index < -0.39 is 21.2 Å². The van der Waals surface area contributed by atoms with E-state index in [1.807, 2.05) is 0 Å². The zero-order valence-electron chi connectivity index (χ0n) is 9.17. The molecule has 6 heteroatoms. The van der Waals surface area contributed by atoms with Crippen LogP contribution >= 0.6 is 0 Å². The lowest BCUT2D eigenvalue weighted by Crippen LogP contribution is -2.34. The van der Waals surface area contributed by atoms with Gasteiger partial charge in [-0.2, -0.15) is 0 Å². The van der Waals surface area contributed by atoms with Gasteiger partial charge in [-0.15, -0.1) is 0 Å². The van der Waals surface area contributed by atoms with Gasteiger partial charge in [0.2, 0.25) is 0 Å². The van der Waals surface area contributed by atoms with Gasteiger partial charge in [-0.3, -0.25) is 9.78 Å². The van der Waals surface area contributed by atoms with Crippen molar-refractivity contribution in [2.24, 2.45) is 5.41 Å². The lowest BCUT2D eigenvalue weighted by Gasteiger charge is -2.21. The van der Waals surface area contributed by atoms with E-state index in [0.29, 0.717) is 0 Å². The Labute approximate surface area is 99.4 Å². The normalized spacial score (nSPS) is 26.8. The fourth-order valence-corrected chi connectivity index (χ4v) is 4.25. The first-order valence-electron chi connectivity index (χ1n) is 5.26. The van der Waals surface area contributed by atoms with Crippen molar-refractivity contribution in [2.75, 3.05) is 11.5 Å². The Bertz CT molecular complexity index is 526. The van der Waals surface area contributed by atoms with Crippen molar-refractivity contribution in [2.45, 2.75) is 12.8 Å². The molecule has 0 aromatic carbocycles. The Morgan fingerprint density at radius 1 is 1.53 bits per heavy atom. The molecule has 0 aliphatic carbocycles. The highest BCUT2D eigenvalue weighted by Crippen LogP contribution is 2.35. The molecular weight excluding hydrogens is 242 g/mol. The molecule has 0 amide bonds. The molecule has 0 saturated carbocycles. The molecule has 5 nitrogen and oxygen atoms in total. The number of nitrogens with zero attached hydrogens (tertiary/aromatic N) is 1. The maximum Gasteiger partial charge on any atom is 0.311 e. The second-order valence-electron chi connectivity index (χ2n) is 4.47. The highest BCUT2D eigenvalue weighted by Gasteiger charge is 2.48. The smallest absolute Gasteiger partial charge is 0.311 e. The van der Waals surface area contributed by atoms with Crippen molar-refractivity contribution >= 4 is 15.8 Å². The summed E-state index contributed by atoms with van der Waals surface area (Å²) in [6, 6.07) is 3.48. The maximum absolute atomic E-state index is 11.5. The third kappa shape index (κ3) is 2.46. The predicted molar refractivity (Wildman–Crippen MR) is 61.3 cm³/mol. The first kappa shape index (κ1) is 12.0. The van der Waals surface area contributed by atoms with Gasteiger partial charge in [0.1, 0.15) is 0 Å². The standard InChI is InChI=1S/C11H13NO4S/c13-10(14)11(3-5-17(15,16)8-11)6-9-2-1-4-12-7-9/h1-2,4,7H,3,5-6,8H2,(H,13,14). The van der Waals surface area contributed by atoms with Crippen LogP contribution in [0.3, 0.4) is 0 Å². The summed E-state index contributed by atoms with van der Waals surface area (Å²) in [6.07, 6.45) is 3.58. The zero-order valence-corrected chi connectivity index (χ0v) is 9.98. The quantitative estimate of drug-likeness (QED) is 0.850.